The second-order valence-corrected chi connectivity index (χ2v) is 6.75. The van der Waals surface area contributed by atoms with Gasteiger partial charge in [-0.05, 0) is 46.0 Å². The standard InChI is InChI=1S/C14H25N3S/c1-11-4-5-14(18-11)13(10-15)17-8-6-12(7-9-17)16(2)3/h4-5,12-13H,6-10,15H2,1-3H3. The van der Waals surface area contributed by atoms with Crippen LogP contribution in [-0.4, -0.2) is 49.6 Å². The maximum absolute atomic E-state index is 5.99. The van der Waals surface area contributed by atoms with E-state index in [1.165, 1.54) is 35.7 Å². The van der Waals surface area contributed by atoms with Gasteiger partial charge < -0.3 is 10.6 Å². The Hall–Kier alpha value is -0.420. The van der Waals surface area contributed by atoms with Gasteiger partial charge in [0.25, 0.3) is 0 Å². The van der Waals surface area contributed by atoms with E-state index in [4.69, 9.17) is 5.73 Å². The number of hydrogen-bond acceptors (Lipinski definition) is 4. The van der Waals surface area contributed by atoms with Gasteiger partial charge in [0.1, 0.15) is 0 Å². The van der Waals surface area contributed by atoms with Crippen molar-refractivity contribution < 1.29 is 0 Å². The van der Waals surface area contributed by atoms with Crippen molar-refractivity contribution in [3.8, 4) is 0 Å². The van der Waals surface area contributed by atoms with E-state index in [1.54, 1.807) is 0 Å². The second-order valence-electron chi connectivity index (χ2n) is 5.43. The summed E-state index contributed by atoms with van der Waals surface area (Å²) in [7, 11) is 4.37. The topological polar surface area (TPSA) is 32.5 Å². The number of piperidine rings is 1. The number of nitrogens with two attached hydrogens (primary N) is 1. The minimum Gasteiger partial charge on any atom is -0.329 e. The van der Waals surface area contributed by atoms with Gasteiger partial charge in [-0.3, -0.25) is 4.90 Å². The van der Waals surface area contributed by atoms with Gasteiger partial charge in [0.2, 0.25) is 0 Å². The van der Waals surface area contributed by atoms with Crippen molar-refractivity contribution in [2.75, 3.05) is 33.7 Å². The molecular formula is C14H25N3S. The smallest absolute Gasteiger partial charge is 0.0564 e. The first-order valence-corrected chi connectivity index (χ1v) is 7.60. The molecule has 18 heavy (non-hydrogen) atoms. The molecule has 0 radical (unpaired) electrons. The van der Waals surface area contributed by atoms with Crippen LogP contribution in [0.4, 0.5) is 0 Å². The van der Waals surface area contributed by atoms with E-state index < -0.39 is 0 Å². The maximum atomic E-state index is 5.99. The highest BCUT2D eigenvalue weighted by Gasteiger charge is 2.26. The van der Waals surface area contributed by atoms with Crippen LogP contribution in [0.15, 0.2) is 12.1 Å². The van der Waals surface area contributed by atoms with Crippen LogP contribution in [0.25, 0.3) is 0 Å². The summed E-state index contributed by atoms with van der Waals surface area (Å²) in [5.41, 5.74) is 5.99. The first-order valence-electron chi connectivity index (χ1n) is 6.78. The summed E-state index contributed by atoms with van der Waals surface area (Å²) in [6, 6.07) is 5.61. The van der Waals surface area contributed by atoms with Crippen molar-refractivity contribution in [2.45, 2.75) is 31.8 Å². The van der Waals surface area contributed by atoms with Gasteiger partial charge in [-0.1, -0.05) is 0 Å². The Morgan fingerprint density at radius 3 is 2.50 bits per heavy atom. The summed E-state index contributed by atoms with van der Waals surface area (Å²) in [6.45, 7) is 5.23. The van der Waals surface area contributed by atoms with Crippen molar-refractivity contribution in [1.82, 2.24) is 9.80 Å². The van der Waals surface area contributed by atoms with E-state index in [1.807, 2.05) is 11.3 Å². The van der Waals surface area contributed by atoms with Gasteiger partial charge in [0.15, 0.2) is 0 Å². The zero-order valence-electron chi connectivity index (χ0n) is 11.7. The van der Waals surface area contributed by atoms with Gasteiger partial charge in [-0.25, -0.2) is 0 Å². The molecule has 102 valence electrons. The van der Waals surface area contributed by atoms with Crippen LogP contribution >= 0.6 is 11.3 Å². The van der Waals surface area contributed by atoms with Crippen molar-refractivity contribution in [3.05, 3.63) is 21.9 Å². The zero-order valence-corrected chi connectivity index (χ0v) is 12.5. The molecule has 4 heteroatoms. The highest BCUT2D eigenvalue weighted by atomic mass is 32.1. The lowest BCUT2D eigenvalue weighted by Gasteiger charge is -2.38. The molecule has 0 spiro atoms. The third-order valence-corrected chi connectivity index (χ3v) is 5.08. The molecule has 1 fully saturated rings. The fourth-order valence-electron chi connectivity index (χ4n) is 2.79. The normalized spacial score (nSPS) is 20.5. The summed E-state index contributed by atoms with van der Waals surface area (Å²) >= 11 is 1.89. The average Bonchev–Trinajstić information content (AvgIpc) is 2.77. The quantitative estimate of drug-likeness (QED) is 0.906. The van der Waals surface area contributed by atoms with E-state index in [-0.39, 0.29) is 0 Å². The highest BCUT2D eigenvalue weighted by Crippen LogP contribution is 2.29. The molecule has 0 amide bonds. The summed E-state index contributed by atoms with van der Waals surface area (Å²) < 4.78 is 0. The average molecular weight is 267 g/mol. The van der Waals surface area contributed by atoms with Crippen LogP contribution in [0.1, 0.15) is 28.6 Å². The SMILES string of the molecule is Cc1ccc(C(CN)N2CCC(N(C)C)CC2)s1. The number of thiophene rings is 1. The molecule has 0 aromatic carbocycles. The molecule has 1 aliphatic rings. The molecule has 2 N–H and O–H groups in total. The van der Waals surface area contributed by atoms with Crippen LogP contribution in [0.5, 0.6) is 0 Å². The Balaban J connectivity index is 1.98. The molecule has 0 bridgehead atoms. The minimum absolute atomic E-state index is 0.423. The minimum atomic E-state index is 0.423. The Labute approximate surface area is 115 Å². The Bertz CT molecular complexity index is 367. The molecule has 1 aromatic rings. The fraction of sp³-hybridized carbons (Fsp3) is 0.714. The lowest BCUT2D eigenvalue weighted by Crippen LogP contribution is -2.44. The van der Waals surface area contributed by atoms with Gasteiger partial charge in [-0.15, -0.1) is 11.3 Å². The van der Waals surface area contributed by atoms with E-state index in [2.05, 4.69) is 43.0 Å². The largest absolute Gasteiger partial charge is 0.329 e. The zero-order chi connectivity index (χ0) is 13.1. The van der Waals surface area contributed by atoms with Crippen molar-refractivity contribution >= 4 is 11.3 Å². The summed E-state index contributed by atoms with van der Waals surface area (Å²) in [5.74, 6) is 0. The van der Waals surface area contributed by atoms with E-state index in [0.29, 0.717) is 6.04 Å². The van der Waals surface area contributed by atoms with Crippen molar-refractivity contribution in [2.24, 2.45) is 5.73 Å². The second kappa shape index (κ2) is 6.15. The van der Waals surface area contributed by atoms with E-state index in [0.717, 1.165) is 12.6 Å². The molecule has 1 saturated heterocycles. The molecule has 3 nitrogen and oxygen atoms in total. The van der Waals surface area contributed by atoms with Crippen LogP contribution in [0.3, 0.4) is 0 Å². The molecule has 1 aliphatic heterocycles. The lowest BCUT2D eigenvalue weighted by atomic mass is 10.0. The highest BCUT2D eigenvalue weighted by molar-refractivity contribution is 7.12. The Morgan fingerprint density at radius 1 is 1.39 bits per heavy atom. The molecule has 0 saturated carbocycles. The molecule has 1 atom stereocenters. The van der Waals surface area contributed by atoms with Crippen LogP contribution in [0, 0.1) is 6.92 Å². The number of rotatable bonds is 4. The predicted octanol–water partition coefficient (Wildman–Crippen LogP) is 2.08. The van der Waals surface area contributed by atoms with E-state index in [9.17, 15) is 0 Å². The molecule has 2 rings (SSSR count). The summed E-state index contributed by atoms with van der Waals surface area (Å²) in [6.07, 6.45) is 2.52. The van der Waals surface area contributed by atoms with Crippen LogP contribution in [-0.2, 0) is 0 Å². The molecule has 1 aromatic heterocycles. The Morgan fingerprint density at radius 2 is 2.06 bits per heavy atom. The van der Waals surface area contributed by atoms with Crippen molar-refractivity contribution in [3.63, 3.8) is 0 Å². The maximum Gasteiger partial charge on any atom is 0.0564 e. The molecule has 1 unspecified atom stereocenters. The Kier molecular flexibility index (Phi) is 4.78. The predicted molar refractivity (Wildman–Crippen MR) is 79.1 cm³/mol. The fourth-order valence-corrected chi connectivity index (χ4v) is 3.82. The monoisotopic (exact) mass is 267 g/mol. The first kappa shape index (κ1) is 14.0. The number of aryl methyl sites for hydroxylation is 1. The number of likely N-dealkylation sites (tertiary alicyclic amines) is 1. The molecular weight excluding hydrogens is 242 g/mol. The van der Waals surface area contributed by atoms with Gasteiger partial charge in [0, 0.05) is 35.4 Å². The third kappa shape index (κ3) is 3.12. The van der Waals surface area contributed by atoms with Crippen molar-refractivity contribution in [1.29, 1.82) is 0 Å². The lowest BCUT2D eigenvalue weighted by molar-refractivity contribution is 0.112. The number of hydrogen-bond donors (Lipinski definition) is 1. The van der Waals surface area contributed by atoms with Crippen LogP contribution in [0.2, 0.25) is 0 Å². The molecule has 0 aliphatic carbocycles. The van der Waals surface area contributed by atoms with Crippen LogP contribution < -0.4 is 5.73 Å². The van der Waals surface area contributed by atoms with Gasteiger partial charge in [0.05, 0.1) is 6.04 Å². The number of nitrogens with zero attached hydrogens (tertiary/aromatic N) is 2. The molecule has 2 heterocycles. The summed E-state index contributed by atoms with van der Waals surface area (Å²) in [4.78, 5) is 7.72. The first-order chi connectivity index (χ1) is 8.61. The van der Waals surface area contributed by atoms with Gasteiger partial charge in [-0.2, -0.15) is 0 Å². The third-order valence-electron chi connectivity index (χ3n) is 3.98. The van der Waals surface area contributed by atoms with E-state index >= 15 is 0 Å². The van der Waals surface area contributed by atoms with Gasteiger partial charge >= 0.3 is 0 Å². The summed E-state index contributed by atoms with van der Waals surface area (Å²) in [5, 5.41) is 0.